The SMILES string of the molecule is Cn1cnnc1C1(F)CCN(c2c(C#N)cccc2-c2cnc3[nH]ncc3c2)CC1. The monoisotopic (exact) mass is 402 g/mol. The van der Waals surface area contributed by atoms with Crippen LogP contribution in [0.2, 0.25) is 0 Å². The van der Waals surface area contributed by atoms with Gasteiger partial charge in [0.1, 0.15) is 12.4 Å². The lowest BCUT2D eigenvalue weighted by molar-refractivity contribution is 0.109. The largest absolute Gasteiger partial charge is 0.370 e. The van der Waals surface area contributed by atoms with Crippen molar-refractivity contribution in [3.8, 4) is 17.2 Å². The topological polar surface area (TPSA) is 99.3 Å². The molecule has 0 bridgehead atoms. The molecule has 4 heterocycles. The molecule has 30 heavy (non-hydrogen) atoms. The van der Waals surface area contributed by atoms with Crippen LogP contribution in [0.1, 0.15) is 24.2 Å². The minimum absolute atomic E-state index is 0.276. The number of rotatable bonds is 3. The highest BCUT2D eigenvalue weighted by Crippen LogP contribution is 2.41. The summed E-state index contributed by atoms with van der Waals surface area (Å²) in [4.78, 5) is 6.51. The number of anilines is 1. The summed E-state index contributed by atoms with van der Waals surface area (Å²) in [6.45, 7) is 0.937. The molecular weight excluding hydrogens is 383 g/mol. The highest BCUT2D eigenvalue weighted by atomic mass is 19.1. The fraction of sp³-hybridized carbons (Fsp3) is 0.286. The van der Waals surface area contributed by atoms with Gasteiger partial charge in [-0.2, -0.15) is 10.4 Å². The quantitative estimate of drug-likeness (QED) is 0.565. The molecule has 1 aliphatic rings. The van der Waals surface area contributed by atoms with Crippen molar-refractivity contribution < 1.29 is 4.39 Å². The van der Waals surface area contributed by atoms with Crippen molar-refractivity contribution in [2.45, 2.75) is 18.5 Å². The first-order chi connectivity index (χ1) is 14.6. The van der Waals surface area contributed by atoms with Gasteiger partial charge in [0.15, 0.2) is 17.1 Å². The van der Waals surface area contributed by atoms with Crippen LogP contribution in [0, 0.1) is 11.3 Å². The van der Waals surface area contributed by atoms with Gasteiger partial charge in [-0.3, -0.25) is 5.10 Å². The number of alkyl halides is 1. The van der Waals surface area contributed by atoms with Gasteiger partial charge in [0, 0.05) is 55.7 Å². The first kappa shape index (κ1) is 18.2. The van der Waals surface area contributed by atoms with E-state index in [1.54, 1.807) is 30.1 Å². The van der Waals surface area contributed by atoms with Gasteiger partial charge in [-0.05, 0) is 12.1 Å². The molecule has 1 saturated heterocycles. The molecule has 0 unspecified atom stereocenters. The molecule has 5 rings (SSSR count). The number of aryl methyl sites for hydroxylation is 1. The van der Waals surface area contributed by atoms with Crippen LogP contribution in [-0.2, 0) is 12.7 Å². The van der Waals surface area contributed by atoms with Gasteiger partial charge in [-0.1, -0.05) is 12.1 Å². The van der Waals surface area contributed by atoms with Crippen LogP contribution in [0.4, 0.5) is 10.1 Å². The van der Waals surface area contributed by atoms with Crippen molar-refractivity contribution in [3.63, 3.8) is 0 Å². The fourth-order valence-electron chi connectivity index (χ4n) is 4.19. The summed E-state index contributed by atoms with van der Waals surface area (Å²) in [6, 6.07) is 9.91. The third-order valence-corrected chi connectivity index (χ3v) is 5.74. The maximum absolute atomic E-state index is 15.6. The van der Waals surface area contributed by atoms with Crippen LogP contribution >= 0.6 is 0 Å². The molecule has 4 aromatic rings. The lowest BCUT2D eigenvalue weighted by atomic mass is 9.90. The summed E-state index contributed by atoms with van der Waals surface area (Å²) in [5.74, 6) is 0.352. The molecule has 150 valence electrons. The van der Waals surface area contributed by atoms with Crippen LogP contribution in [0.5, 0.6) is 0 Å². The third kappa shape index (κ3) is 2.88. The van der Waals surface area contributed by atoms with Gasteiger partial charge < -0.3 is 9.47 Å². The van der Waals surface area contributed by atoms with E-state index in [4.69, 9.17) is 0 Å². The van der Waals surface area contributed by atoms with Crippen molar-refractivity contribution >= 4 is 16.7 Å². The second-order valence-electron chi connectivity index (χ2n) is 7.56. The normalized spacial score (nSPS) is 16.0. The molecule has 8 nitrogen and oxygen atoms in total. The molecule has 0 amide bonds. The highest BCUT2D eigenvalue weighted by molar-refractivity contribution is 5.87. The number of para-hydroxylation sites is 1. The van der Waals surface area contributed by atoms with E-state index < -0.39 is 5.67 Å². The molecule has 0 atom stereocenters. The van der Waals surface area contributed by atoms with E-state index >= 15 is 4.39 Å². The number of halogens is 1. The van der Waals surface area contributed by atoms with E-state index in [0.29, 0.717) is 30.1 Å². The van der Waals surface area contributed by atoms with Crippen molar-refractivity contribution in [3.05, 3.63) is 54.4 Å². The number of fused-ring (bicyclic) bond motifs is 1. The van der Waals surface area contributed by atoms with E-state index in [1.165, 1.54) is 6.33 Å². The molecular formula is C21H19FN8. The minimum Gasteiger partial charge on any atom is -0.370 e. The predicted molar refractivity (Wildman–Crippen MR) is 109 cm³/mol. The number of aromatic nitrogens is 6. The standard InChI is InChI=1S/C21H19FN8/c1-29-13-26-28-20(29)21(22)5-7-30(8-6-21)18-14(10-23)3-2-4-17(18)15-9-16-12-25-27-19(16)24-11-15/h2-4,9,11-13H,5-8H2,1H3,(H,24,25,27). The van der Waals surface area contributed by atoms with E-state index in [0.717, 1.165) is 22.2 Å². The summed E-state index contributed by atoms with van der Waals surface area (Å²) >= 11 is 0. The summed E-state index contributed by atoms with van der Waals surface area (Å²) in [6.07, 6.45) is 5.56. The molecule has 0 spiro atoms. The van der Waals surface area contributed by atoms with Crippen molar-refractivity contribution in [1.29, 1.82) is 5.26 Å². The summed E-state index contributed by atoms with van der Waals surface area (Å²) in [5, 5.41) is 25.3. The number of benzene rings is 1. The average Bonchev–Trinajstić information content (AvgIpc) is 3.42. The summed E-state index contributed by atoms with van der Waals surface area (Å²) < 4.78 is 17.2. The zero-order valence-electron chi connectivity index (χ0n) is 16.4. The van der Waals surface area contributed by atoms with Crippen LogP contribution in [0.15, 0.2) is 43.0 Å². The summed E-state index contributed by atoms with van der Waals surface area (Å²) in [5.41, 5.74) is 2.34. The van der Waals surface area contributed by atoms with Gasteiger partial charge in [0.25, 0.3) is 0 Å². The van der Waals surface area contributed by atoms with E-state index in [9.17, 15) is 5.26 Å². The van der Waals surface area contributed by atoms with Crippen LogP contribution in [0.3, 0.4) is 0 Å². The lowest BCUT2D eigenvalue weighted by Crippen LogP contribution is -2.42. The maximum Gasteiger partial charge on any atom is 0.173 e. The van der Waals surface area contributed by atoms with Gasteiger partial charge in [-0.25, -0.2) is 9.37 Å². The smallest absolute Gasteiger partial charge is 0.173 e. The first-order valence-corrected chi connectivity index (χ1v) is 9.70. The molecule has 0 radical (unpaired) electrons. The Morgan fingerprint density at radius 1 is 1.23 bits per heavy atom. The Morgan fingerprint density at radius 2 is 2.07 bits per heavy atom. The predicted octanol–water partition coefficient (Wildman–Crippen LogP) is 3.09. The van der Waals surface area contributed by atoms with Crippen LogP contribution in [0.25, 0.3) is 22.2 Å². The number of nitriles is 1. The molecule has 9 heteroatoms. The van der Waals surface area contributed by atoms with Gasteiger partial charge in [0.2, 0.25) is 0 Å². The minimum atomic E-state index is -1.53. The number of hydrogen-bond donors (Lipinski definition) is 1. The van der Waals surface area contributed by atoms with Crippen LogP contribution in [-0.4, -0.2) is 43.0 Å². The number of aromatic amines is 1. The van der Waals surface area contributed by atoms with Gasteiger partial charge in [0.05, 0.1) is 17.4 Å². The summed E-state index contributed by atoms with van der Waals surface area (Å²) in [7, 11) is 1.76. The molecule has 3 aromatic heterocycles. The lowest BCUT2D eigenvalue weighted by Gasteiger charge is -2.38. The third-order valence-electron chi connectivity index (χ3n) is 5.74. The average molecular weight is 402 g/mol. The van der Waals surface area contributed by atoms with Crippen molar-refractivity contribution in [1.82, 2.24) is 29.9 Å². The Hall–Kier alpha value is -3.80. The number of hydrogen-bond acceptors (Lipinski definition) is 6. The number of nitrogens with zero attached hydrogens (tertiary/aromatic N) is 7. The highest BCUT2D eigenvalue weighted by Gasteiger charge is 2.40. The molecule has 1 aromatic carbocycles. The van der Waals surface area contributed by atoms with E-state index in [2.05, 4.69) is 36.3 Å². The van der Waals surface area contributed by atoms with Crippen LogP contribution < -0.4 is 4.90 Å². The number of piperidine rings is 1. The van der Waals surface area contributed by atoms with Crippen molar-refractivity contribution in [2.75, 3.05) is 18.0 Å². The molecule has 1 N–H and O–H groups in total. The Bertz CT molecular complexity index is 1260. The first-order valence-electron chi connectivity index (χ1n) is 9.70. The van der Waals surface area contributed by atoms with Gasteiger partial charge in [-0.15, -0.1) is 10.2 Å². The second-order valence-corrected chi connectivity index (χ2v) is 7.56. The molecule has 1 fully saturated rings. The Balaban J connectivity index is 1.52. The number of H-pyrrole nitrogens is 1. The Morgan fingerprint density at radius 3 is 2.80 bits per heavy atom. The zero-order chi connectivity index (χ0) is 20.7. The Labute approximate surface area is 172 Å². The van der Waals surface area contributed by atoms with E-state index in [-0.39, 0.29) is 12.8 Å². The van der Waals surface area contributed by atoms with Gasteiger partial charge >= 0.3 is 0 Å². The fourth-order valence-corrected chi connectivity index (χ4v) is 4.19. The van der Waals surface area contributed by atoms with E-state index in [1.807, 2.05) is 18.2 Å². The zero-order valence-corrected chi connectivity index (χ0v) is 16.4. The molecule has 1 aliphatic heterocycles. The molecule has 0 saturated carbocycles. The number of nitrogens with one attached hydrogen (secondary N) is 1. The molecule has 0 aliphatic carbocycles. The Kier molecular flexibility index (Phi) is 4.20. The maximum atomic E-state index is 15.6. The number of pyridine rings is 1. The van der Waals surface area contributed by atoms with Crippen molar-refractivity contribution in [2.24, 2.45) is 7.05 Å². The second kappa shape index (κ2) is 6.91.